The van der Waals surface area contributed by atoms with Crippen LogP contribution in [0.2, 0.25) is 0 Å². The van der Waals surface area contributed by atoms with Crippen molar-refractivity contribution in [2.45, 2.75) is 38.1 Å². The molecule has 0 unspecified atom stereocenters. The van der Waals surface area contributed by atoms with E-state index in [1.165, 1.54) is 32.1 Å². The second kappa shape index (κ2) is 9.97. The van der Waals surface area contributed by atoms with Gasteiger partial charge in [-0.15, -0.1) is 0 Å². The summed E-state index contributed by atoms with van der Waals surface area (Å²) in [6, 6.07) is 10.6. The minimum Gasteiger partial charge on any atom is -0.378 e. The summed E-state index contributed by atoms with van der Waals surface area (Å²) in [7, 11) is 2.13. The molecular formula is C20H29N3O2S. The largest absolute Gasteiger partial charge is 0.378 e. The van der Waals surface area contributed by atoms with Crippen molar-refractivity contribution >= 4 is 28.5 Å². The van der Waals surface area contributed by atoms with Crippen LogP contribution in [0.15, 0.2) is 35.3 Å². The average molecular weight is 376 g/mol. The smallest absolute Gasteiger partial charge is 0.233 e. The van der Waals surface area contributed by atoms with Crippen molar-refractivity contribution in [3.63, 3.8) is 0 Å². The molecule has 0 aromatic heterocycles. The summed E-state index contributed by atoms with van der Waals surface area (Å²) in [5.41, 5.74) is 0.941. The minimum absolute atomic E-state index is 0.177. The molecule has 0 radical (unpaired) electrons. The second-order valence-corrected chi connectivity index (χ2v) is 7.86. The number of morpholine rings is 1. The summed E-state index contributed by atoms with van der Waals surface area (Å²) in [6.07, 6.45) is 6.32. The Bertz CT molecular complexity index is 596. The number of ether oxygens (including phenoxy) is 1. The van der Waals surface area contributed by atoms with Gasteiger partial charge in [0.05, 0.1) is 24.7 Å². The third kappa shape index (κ3) is 5.48. The predicted octanol–water partition coefficient (Wildman–Crippen LogP) is 3.53. The van der Waals surface area contributed by atoms with E-state index in [-0.39, 0.29) is 5.91 Å². The molecule has 1 aromatic rings. The zero-order valence-corrected chi connectivity index (χ0v) is 16.4. The maximum absolute atomic E-state index is 12.5. The van der Waals surface area contributed by atoms with Gasteiger partial charge < -0.3 is 14.5 Å². The zero-order valence-electron chi connectivity index (χ0n) is 15.6. The monoisotopic (exact) mass is 375 g/mol. The lowest BCUT2D eigenvalue weighted by molar-refractivity contribution is -0.132. The summed E-state index contributed by atoms with van der Waals surface area (Å²) in [5.74, 6) is 0.610. The Kier molecular flexibility index (Phi) is 7.38. The molecule has 0 N–H and O–H groups in total. The van der Waals surface area contributed by atoms with E-state index in [1.54, 1.807) is 11.8 Å². The quantitative estimate of drug-likeness (QED) is 0.597. The number of amides is 1. The van der Waals surface area contributed by atoms with Crippen molar-refractivity contribution in [1.82, 2.24) is 9.80 Å². The number of hydrogen-bond donors (Lipinski definition) is 0. The normalized spacial score (nSPS) is 19.4. The summed E-state index contributed by atoms with van der Waals surface area (Å²) in [5, 5.41) is 0.949. The molecule has 0 bridgehead atoms. The van der Waals surface area contributed by atoms with Crippen LogP contribution < -0.4 is 0 Å². The highest BCUT2D eigenvalue weighted by Gasteiger charge is 2.23. The molecule has 5 nitrogen and oxygen atoms in total. The van der Waals surface area contributed by atoms with Crippen LogP contribution in [0.4, 0.5) is 5.69 Å². The lowest BCUT2D eigenvalue weighted by Crippen LogP contribution is -2.42. The van der Waals surface area contributed by atoms with Gasteiger partial charge in [0.1, 0.15) is 0 Å². The summed E-state index contributed by atoms with van der Waals surface area (Å²) < 4.78 is 5.34. The van der Waals surface area contributed by atoms with E-state index in [2.05, 4.69) is 11.9 Å². The third-order valence-corrected chi connectivity index (χ3v) is 6.12. The van der Waals surface area contributed by atoms with Gasteiger partial charge in [-0.05, 0) is 25.0 Å². The number of thioether (sulfide) groups is 1. The maximum Gasteiger partial charge on any atom is 0.233 e. The Hall–Kier alpha value is -1.53. The Balaban J connectivity index is 1.67. The van der Waals surface area contributed by atoms with Gasteiger partial charge in [0.25, 0.3) is 0 Å². The van der Waals surface area contributed by atoms with Crippen LogP contribution in [0.3, 0.4) is 0 Å². The van der Waals surface area contributed by atoms with Crippen LogP contribution in [0.1, 0.15) is 32.1 Å². The number of hydrogen-bond acceptors (Lipinski definition) is 4. The van der Waals surface area contributed by atoms with E-state index in [0.717, 1.165) is 10.9 Å². The van der Waals surface area contributed by atoms with Crippen LogP contribution in [0.5, 0.6) is 0 Å². The van der Waals surface area contributed by atoms with Crippen molar-refractivity contribution in [2.75, 3.05) is 39.1 Å². The molecule has 0 spiro atoms. The molecule has 2 fully saturated rings. The van der Waals surface area contributed by atoms with Gasteiger partial charge in [-0.3, -0.25) is 4.79 Å². The average Bonchev–Trinajstić information content (AvgIpc) is 2.72. The van der Waals surface area contributed by atoms with Crippen LogP contribution >= 0.6 is 11.8 Å². The van der Waals surface area contributed by atoms with E-state index in [9.17, 15) is 4.79 Å². The van der Waals surface area contributed by atoms with Gasteiger partial charge in [-0.2, -0.15) is 0 Å². The molecule has 142 valence electrons. The fourth-order valence-electron chi connectivity index (χ4n) is 3.48. The first-order chi connectivity index (χ1) is 12.7. The number of aliphatic imine (C=N–C) groups is 1. The number of benzene rings is 1. The Morgan fingerprint density at radius 1 is 1.19 bits per heavy atom. The molecule has 0 atom stereocenters. The lowest BCUT2D eigenvalue weighted by Gasteiger charge is -2.33. The molecule has 1 aliphatic carbocycles. The highest BCUT2D eigenvalue weighted by Crippen LogP contribution is 2.26. The molecule has 1 saturated heterocycles. The van der Waals surface area contributed by atoms with Gasteiger partial charge in [-0.1, -0.05) is 49.2 Å². The van der Waals surface area contributed by atoms with Gasteiger partial charge in [0.2, 0.25) is 5.91 Å². The van der Waals surface area contributed by atoms with Gasteiger partial charge in [0.15, 0.2) is 5.17 Å². The first kappa shape index (κ1) is 19.2. The summed E-state index contributed by atoms with van der Waals surface area (Å²) in [6.45, 7) is 2.68. The number of carbonyl (C=O) groups is 1. The van der Waals surface area contributed by atoms with Crippen molar-refractivity contribution in [3.8, 4) is 0 Å². The Morgan fingerprint density at radius 3 is 2.58 bits per heavy atom. The fraction of sp³-hybridized carbons (Fsp3) is 0.600. The zero-order chi connectivity index (χ0) is 18.2. The molecule has 1 aliphatic heterocycles. The third-order valence-electron chi connectivity index (χ3n) is 5.09. The molecule has 1 heterocycles. The van der Waals surface area contributed by atoms with Crippen molar-refractivity contribution < 1.29 is 9.53 Å². The predicted molar refractivity (Wildman–Crippen MR) is 108 cm³/mol. The molecule has 1 amide bonds. The Morgan fingerprint density at radius 2 is 1.88 bits per heavy atom. The summed E-state index contributed by atoms with van der Waals surface area (Å²) in [4.78, 5) is 21.6. The van der Waals surface area contributed by atoms with E-state index >= 15 is 0 Å². The van der Waals surface area contributed by atoms with E-state index in [1.807, 2.05) is 35.2 Å². The topological polar surface area (TPSA) is 45.1 Å². The Labute approximate surface area is 160 Å². The van der Waals surface area contributed by atoms with E-state index in [4.69, 9.17) is 9.73 Å². The highest BCUT2D eigenvalue weighted by atomic mass is 32.2. The lowest BCUT2D eigenvalue weighted by atomic mass is 9.95. The number of rotatable bonds is 4. The minimum atomic E-state index is 0.177. The molecule has 26 heavy (non-hydrogen) atoms. The molecule has 1 saturated carbocycles. The second-order valence-electron chi connectivity index (χ2n) is 6.91. The number of carbonyl (C=O) groups excluding carboxylic acids is 1. The maximum atomic E-state index is 12.5. The number of nitrogens with zero attached hydrogens (tertiary/aromatic N) is 3. The van der Waals surface area contributed by atoms with Crippen LogP contribution in [0.25, 0.3) is 0 Å². The van der Waals surface area contributed by atoms with Crippen LogP contribution in [-0.4, -0.2) is 66.0 Å². The van der Waals surface area contributed by atoms with E-state index < -0.39 is 0 Å². The molecule has 6 heteroatoms. The van der Waals surface area contributed by atoms with E-state index in [0.29, 0.717) is 38.1 Å². The van der Waals surface area contributed by atoms with Crippen LogP contribution in [0, 0.1) is 0 Å². The van der Waals surface area contributed by atoms with Gasteiger partial charge >= 0.3 is 0 Å². The van der Waals surface area contributed by atoms with Gasteiger partial charge in [-0.25, -0.2) is 4.99 Å². The van der Waals surface area contributed by atoms with Crippen LogP contribution in [-0.2, 0) is 9.53 Å². The SMILES string of the molecule is CN(C(=Nc1ccccc1)SCC(=O)N1CCOCC1)C1CCCCC1. The van der Waals surface area contributed by atoms with Crippen molar-refractivity contribution in [1.29, 1.82) is 0 Å². The van der Waals surface area contributed by atoms with Crippen molar-refractivity contribution in [2.24, 2.45) is 4.99 Å². The first-order valence-electron chi connectivity index (χ1n) is 9.59. The molecular weight excluding hydrogens is 346 g/mol. The van der Waals surface area contributed by atoms with Gasteiger partial charge in [0, 0.05) is 26.2 Å². The first-order valence-corrected chi connectivity index (χ1v) is 10.6. The fourth-order valence-corrected chi connectivity index (χ4v) is 4.44. The highest BCUT2D eigenvalue weighted by molar-refractivity contribution is 8.14. The van der Waals surface area contributed by atoms with Crippen molar-refractivity contribution in [3.05, 3.63) is 30.3 Å². The number of para-hydroxylation sites is 1. The molecule has 2 aliphatic rings. The summed E-state index contributed by atoms with van der Waals surface area (Å²) >= 11 is 1.56. The number of amidine groups is 1. The molecule has 3 rings (SSSR count). The molecule has 1 aromatic carbocycles. The standard InChI is InChI=1S/C20H29N3O2S/c1-22(18-10-6-3-7-11-18)20(21-17-8-4-2-5-9-17)26-16-19(24)23-12-14-25-15-13-23/h2,4-5,8-9,18H,3,6-7,10-16H2,1H3.